The fourth-order valence-corrected chi connectivity index (χ4v) is 3.44. The third kappa shape index (κ3) is 5.81. The van der Waals surface area contributed by atoms with Crippen LogP contribution >= 0.6 is 0 Å². The van der Waals surface area contributed by atoms with Crippen LogP contribution in [0.4, 0.5) is 15.8 Å². The molecule has 0 aliphatic heterocycles. The van der Waals surface area contributed by atoms with Gasteiger partial charge in [0.2, 0.25) is 10.0 Å². The number of aryl methyl sites for hydroxylation is 1. The summed E-state index contributed by atoms with van der Waals surface area (Å²) in [6.07, 6.45) is 0. The summed E-state index contributed by atoms with van der Waals surface area (Å²) in [4.78, 5) is 34.0. The van der Waals surface area contributed by atoms with Crippen LogP contribution in [-0.2, 0) is 24.3 Å². The smallest absolute Gasteiger partial charge is 0.321 e. The van der Waals surface area contributed by atoms with Gasteiger partial charge in [0.15, 0.2) is 6.61 Å². The van der Waals surface area contributed by atoms with Gasteiger partial charge in [-0.05, 0) is 42.8 Å². The molecule has 0 spiro atoms. The van der Waals surface area contributed by atoms with E-state index in [4.69, 9.17) is 4.74 Å². The summed E-state index contributed by atoms with van der Waals surface area (Å²) in [6, 6.07) is 8.21. The predicted octanol–water partition coefficient (Wildman–Crippen LogP) is 1.84. The number of hydrogen-bond acceptors (Lipinski definition) is 7. The molecule has 0 aliphatic rings. The van der Waals surface area contributed by atoms with E-state index in [2.05, 4.69) is 5.32 Å². The molecule has 2 aromatic carbocycles. The number of anilines is 1. The van der Waals surface area contributed by atoms with Crippen molar-refractivity contribution in [1.29, 1.82) is 0 Å². The first-order valence-electron chi connectivity index (χ1n) is 8.43. The zero-order valence-electron chi connectivity index (χ0n) is 16.0. The van der Waals surface area contributed by atoms with Gasteiger partial charge >= 0.3 is 5.97 Å². The quantitative estimate of drug-likeness (QED) is 0.376. The van der Waals surface area contributed by atoms with Crippen LogP contribution < -0.4 is 5.32 Å². The van der Waals surface area contributed by atoms with Crippen molar-refractivity contribution in [3.05, 3.63) is 64.0 Å². The van der Waals surface area contributed by atoms with Gasteiger partial charge in [-0.2, -0.15) is 4.31 Å². The number of esters is 1. The zero-order chi connectivity index (χ0) is 22.5. The number of nitrogens with one attached hydrogen (secondary N) is 1. The van der Waals surface area contributed by atoms with E-state index in [1.807, 2.05) is 0 Å². The second kappa shape index (κ2) is 9.41. The van der Waals surface area contributed by atoms with Crippen LogP contribution in [0.5, 0.6) is 0 Å². The Morgan fingerprint density at radius 1 is 1.20 bits per heavy atom. The van der Waals surface area contributed by atoms with Crippen molar-refractivity contribution in [2.45, 2.75) is 11.8 Å². The fourth-order valence-electron chi connectivity index (χ4n) is 2.33. The van der Waals surface area contributed by atoms with E-state index in [1.54, 1.807) is 13.0 Å². The lowest BCUT2D eigenvalue weighted by atomic mass is 10.2. The van der Waals surface area contributed by atoms with Gasteiger partial charge in [-0.25, -0.2) is 12.8 Å². The topological polar surface area (TPSA) is 136 Å². The van der Waals surface area contributed by atoms with Crippen molar-refractivity contribution >= 4 is 33.3 Å². The Hall–Kier alpha value is -3.38. The number of sulfonamides is 1. The molecule has 0 bridgehead atoms. The van der Waals surface area contributed by atoms with Crippen LogP contribution in [0.15, 0.2) is 47.4 Å². The Morgan fingerprint density at radius 3 is 2.43 bits per heavy atom. The van der Waals surface area contributed by atoms with Crippen LogP contribution in [-0.4, -0.2) is 49.7 Å². The highest BCUT2D eigenvalue weighted by molar-refractivity contribution is 7.89. The first kappa shape index (κ1) is 22.9. The highest BCUT2D eigenvalue weighted by Crippen LogP contribution is 2.25. The molecular weight excluding hydrogens is 421 g/mol. The average Bonchev–Trinajstić information content (AvgIpc) is 2.68. The molecule has 2 rings (SSSR count). The minimum Gasteiger partial charge on any atom is -0.455 e. The first-order chi connectivity index (χ1) is 14.0. The lowest BCUT2D eigenvalue weighted by Gasteiger charge is -2.16. The monoisotopic (exact) mass is 439 g/mol. The van der Waals surface area contributed by atoms with Crippen LogP contribution in [0.25, 0.3) is 0 Å². The molecule has 0 aliphatic carbocycles. The predicted molar refractivity (Wildman–Crippen MR) is 104 cm³/mol. The largest absolute Gasteiger partial charge is 0.455 e. The minimum atomic E-state index is -4.07. The Balaban J connectivity index is 1.93. The summed E-state index contributed by atoms with van der Waals surface area (Å²) < 4.78 is 43.0. The standard InChI is InChI=1S/C18H18FN3O7S/c1-12-3-8-15(16(9-12)22(25)26)20-17(23)11-29-18(24)10-21(2)30(27,28)14-6-4-13(19)5-7-14/h3-9H,10-11H2,1-2H3,(H,20,23). The van der Waals surface area contributed by atoms with Crippen LogP contribution in [0.2, 0.25) is 0 Å². The van der Waals surface area contributed by atoms with Gasteiger partial charge in [-0.3, -0.25) is 19.7 Å². The molecule has 10 nitrogen and oxygen atoms in total. The summed E-state index contributed by atoms with van der Waals surface area (Å²) in [5, 5.41) is 13.3. The molecule has 160 valence electrons. The average molecular weight is 439 g/mol. The molecule has 0 radical (unpaired) electrons. The van der Waals surface area contributed by atoms with Crippen molar-refractivity contribution in [3.8, 4) is 0 Å². The van der Waals surface area contributed by atoms with E-state index in [0.717, 1.165) is 31.3 Å². The number of benzene rings is 2. The molecule has 30 heavy (non-hydrogen) atoms. The number of carbonyl (C=O) groups is 2. The van der Waals surface area contributed by atoms with Crippen LogP contribution in [0, 0.1) is 22.9 Å². The van der Waals surface area contributed by atoms with E-state index in [9.17, 15) is 32.5 Å². The van der Waals surface area contributed by atoms with Gasteiger partial charge in [-0.1, -0.05) is 6.07 Å². The molecule has 12 heteroatoms. The molecule has 0 fully saturated rings. The van der Waals surface area contributed by atoms with Gasteiger partial charge in [-0.15, -0.1) is 0 Å². The molecule has 0 saturated heterocycles. The van der Waals surface area contributed by atoms with E-state index >= 15 is 0 Å². The SMILES string of the molecule is Cc1ccc(NC(=O)COC(=O)CN(C)S(=O)(=O)c2ccc(F)cc2)c([N+](=O)[O-])c1. The van der Waals surface area contributed by atoms with Crippen molar-refractivity contribution in [3.63, 3.8) is 0 Å². The van der Waals surface area contributed by atoms with Crippen molar-refractivity contribution in [2.24, 2.45) is 0 Å². The summed E-state index contributed by atoms with van der Waals surface area (Å²) >= 11 is 0. The number of hydrogen-bond donors (Lipinski definition) is 1. The molecule has 0 heterocycles. The van der Waals surface area contributed by atoms with Crippen molar-refractivity contribution in [1.82, 2.24) is 4.31 Å². The third-order valence-corrected chi connectivity index (χ3v) is 5.68. The lowest BCUT2D eigenvalue weighted by molar-refractivity contribution is -0.384. The number of carbonyl (C=O) groups excluding carboxylic acids is 2. The van der Waals surface area contributed by atoms with E-state index in [-0.39, 0.29) is 16.3 Å². The number of halogens is 1. The normalized spacial score (nSPS) is 11.2. The summed E-state index contributed by atoms with van der Waals surface area (Å²) in [6.45, 7) is 0.183. The molecule has 0 unspecified atom stereocenters. The van der Waals surface area contributed by atoms with Crippen molar-refractivity contribution < 1.29 is 32.1 Å². The molecule has 1 amide bonds. The zero-order valence-corrected chi connectivity index (χ0v) is 16.8. The molecular formula is C18H18FN3O7S. The third-order valence-electron chi connectivity index (χ3n) is 3.86. The number of rotatable bonds is 8. The maximum Gasteiger partial charge on any atom is 0.321 e. The van der Waals surface area contributed by atoms with Gasteiger partial charge in [0.05, 0.1) is 9.82 Å². The molecule has 2 aromatic rings. The number of ether oxygens (including phenoxy) is 1. The van der Waals surface area contributed by atoms with Crippen LogP contribution in [0.3, 0.4) is 0 Å². The van der Waals surface area contributed by atoms with E-state index < -0.39 is 45.8 Å². The Labute approximate surface area is 171 Å². The van der Waals surface area contributed by atoms with Gasteiger partial charge in [0, 0.05) is 13.1 Å². The number of nitro groups is 1. The summed E-state index contributed by atoms with van der Waals surface area (Å²) in [5.74, 6) is -2.47. The highest BCUT2D eigenvalue weighted by atomic mass is 32.2. The summed E-state index contributed by atoms with van der Waals surface area (Å²) in [7, 11) is -2.95. The highest BCUT2D eigenvalue weighted by Gasteiger charge is 2.24. The Kier molecular flexibility index (Phi) is 7.19. The van der Waals surface area contributed by atoms with Crippen molar-refractivity contribution in [2.75, 3.05) is 25.5 Å². The molecule has 0 aromatic heterocycles. The Bertz CT molecular complexity index is 1070. The van der Waals surface area contributed by atoms with Gasteiger partial charge in [0.1, 0.15) is 18.0 Å². The van der Waals surface area contributed by atoms with E-state index in [0.29, 0.717) is 9.87 Å². The molecule has 0 atom stereocenters. The fraction of sp³-hybridized carbons (Fsp3) is 0.222. The molecule has 0 saturated carbocycles. The van der Waals surface area contributed by atoms with Gasteiger partial charge in [0.25, 0.3) is 11.6 Å². The minimum absolute atomic E-state index is 0.0670. The molecule has 1 N–H and O–H groups in total. The first-order valence-corrected chi connectivity index (χ1v) is 9.87. The maximum absolute atomic E-state index is 12.9. The lowest BCUT2D eigenvalue weighted by Crippen LogP contribution is -2.34. The Morgan fingerprint density at radius 2 is 1.83 bits per heavy atom. The number of amides is 1. The maximum atomic E-state index is 12.9. The van der Waals surface area contributed by atoms with Gasteiger partial charge < -0.3 is 10.1 Å². The van der Waals surface area contributed by atoms with Crippen LogP contribution in [0.1, 0.15) is 5.56 Å². The number of nitro benzene ring substituents is 1. The second-order valence-electron chi connectivity index (χ2n) is 6.20. The summed E-state index contributed by atoms with van der Waals surface area (Å²) in [5.41, 5.74) is 0.235. The second-order valence-corrected chi connectivity index (χ2v) is 8.25. The number of nitrogens with zero attached hydrogens (tertiary/aromatic N) is 2. The van der Waals surface area contributed by atoms with E-state index in [1.165, 1.54) is 12.1 Å². The number of likely N-dealkylation sites (N-methyl/N-ethyl adjacent to an activating group) is 1.